The van der Waals surface area contributed by atoms with E-state index in [1.807, 2.05) is 0 Å². The first-order valence-electron chi connectivity index (χ1n) is 8.05. The molecule has 0 aliphatic carbocycles. The number of carbonyl (C=O) groups excluding carboxylic acids is 2. The molecule has 1 aromatic rings. The van der Waals surface area contributed by atoms with Gasteiger partial charge in [-0.3, -0.25) is 9.59 Å². The summed E-state index contributed by atoms with van der Waals surface area (Å²) in [6.45, 7) is 4.13. The molecule has 0 bridgehead atoms. The quantitative estimate of drug-likeness (QED) is 0.843. The molecule has 1 heterocycles. The van der Waals surface area contributed by atoms with E-state index >= 15 is 0 Å². The van der Waals surface area contributed by atoms with E-state index in [2.05, 4.69) is 6.92 Å². The molecule has 1 fully saturated rings. The van der Waals surface area contributed by atoms with Gasteiger partial charge < -0.3 is 9.80 Å². The van der Waals surface area contributed by atoms with Crippen LogP contribution in [-0.4, -0.2) is 47.8 Å². The standard InChI is InChI=1S/C17H22ClFN2O2/c1-2-3-5-16(22)20-8-4-9-21(11-10-20)17(23)14-12-13(18)6-7-15(14)19/h6-7,12H,2-5,8-11H2,1H3. The number of amides is 2. The smallest absolute Gasteiger partial charge is 0.256 e. The molecule has 1 aliphatic heterocycles. The van der Waals surface area contributed by atoms with E-state index < -0.39 is 5.82 Å². The molecule has 0 aromatic heterocycles. The maximum atomic E-state index is 13.9. The van der Waals surface area contributed by atoms with Gasteiger partial charge in [-0.25, -0.2) is 4.39 Å². The van der Waals surface area contributed by atoms with Crippen LogP contribution in [0.2, 0.25) is 5.02 Å². The van der Waals surface area contributed by atoms with Crippen molar-refractivity contribution in [3.63, 3.8) is 0 Å². The van der Waals surface area contributed by atoms with E-state index in [4.69, 9.17) is 11.6 Å². The van der Waals surface area contributed by atoms with Crippen LogP contribution in [0.15, 0.2) is 18.2 Å². The van der Waals surface area contributed by atoms with Crippen molar-refractivity contribution in [2.75, 3.05) is 26.2 Å². The Bertz CT molecular complexity index is 580. The largest absolute Gasteiger partial charge is 0.341 e. The van der Waals surface area contributed by atoms with E-state index in [1.54, 1.807) is 9.80 Å². The first kappa shape index (κ1) is 17.7. The van der Waals surface area contributed by atoms with Crippen LogP contribution in [0.25, 0.3) is 0 Å². The number of carbonyl (C=O) groups is 2. The van der Waals surface area contributed by atoms with Crippen molar-refractivity contribution >= 4 is 23.4 Å². The van der Waals surface area contributed by atoms with Gasteiger partial charge in [-0.1, -0.05) is 24.9 Å². The van der Waals surface area contributed by atoms with Crippen molar-refractivity contribution in [2.45, 2.75) is 32.6 Å². The highest BCUT2D eigenvalue weighted by Crippen LogP contribution is 2.18. The maximum absolute atomic E-state index is 13.9. The van der Waals surface area contributed by atoms with Gasteiger partial charge in [0.05, 0.1) is 5.56 Å². The minimum Gasteiger partial charge on any atom is -0.341 e. The van der Waals surface area contributed by atoms with E-state index in [0.717, 1.165) is 12.8 Å². The van der Waals surface area contributed by atoms with Crippen LogP contribution in [0.3, 0.4) is 0 Å². The van der Waals surface area contributed by atoms with Crippen LogP contribution in [0, 0.1) is 5.82 Å². The third-order valence-electron chi connectivity index (χ3n) is 4.04. The second-order valence-corrected chi connectivity index (χ2v) is 6.19. The van der Waals surface area contributed by atoms with E-state index in [-0.39, 0.29) is 17.4 Å². The summed E-state index contributed by atoms with van der Waals surface area (Å²) in [5, 5.41) is 0.334. The fraction of sp³-hybridized carbons (Fsp3) is 0.529. The first-order valence-corrected chi connectivity index (χ1v) is 8.42. The minimum absolute atomic E-state index is 0.0109. The maximum Gasteiger partial charge on any atom is 0.256 e. The Morgan fingerprint density at radius 1 is 1.17 bits per heavy atom. The number of hydrogen-bond donors (Lipinski definition) is 0. The molecule has 0 unspecified atom stereocenters. The molecule has 0 N–H and O–H groups in total. The predicted octanol–water partition coefficient (Wildman–Crippen LogP) is 3.34. The van der Waals surface area contributed by atoms with Gasteiger partial charge in [-0.15, -0.1) is 0 Å². The van der Waals surface area contributed by atoms with Crippen LogP contribution in [-0.2, 0) is 4.79 Å². The van der Waals surface area contributed by atoms with Crippen LogP contribution < -0.4 is 0 Å². The molecule has 0 radical (unpaired) electrons. The number of halogens is 2. The van der Waals surface area contributed by atoms with E-state index in [9.17, 15) is 14.0 Å². The number of unbranched alkanes of at least 4 members (excludes halogenated alkanes) is 1. The van der Waals surface area contributed by atoms with Crippen molar-refractivity contribution in [1.82, 2.24) is 9.80 Å². The molecule has 2 rings (SSSR count). The Morgan fingerprint density at radius 2 is 1.87 bits per heavy atom. The lowest BCUT2D eigenvalue weighted by Crippen LogP contribution is -2.37. The molecule has 126 valence electrons. The summed E-state index contributed by atoms with van der Waals surface area (Å²) >= 11 is 5.85. The second-order valence-electron chi connectivity index (χ2n) is 5.75. The Balaban J connectivity index is 2.01. The van der Waals surface area contributed by atoms with Gasteiger partial charge in [0.15, 0.2) is 0 Å². The van der Waals surface area contributed by atoms with Gasteiger partial charge in [-0.2, -0.15) is 0 Å². The number of nitrogens with zero attached hydrogens (tertiary/aromatic N) is 2. The summed E-state index contributed by atoms with van der Waals surface area (Å²) in [5.74, 6) is -0.803. The van der Waals surface area contributed by atoms with E-state index in [1.165, 1.54) is 18.2 Å². The van der Waals surface area contributed by atoms with Crippen molar-refractivity contribution < 1.29 is 14.0 Å². The monoisotopic (exact) mass is 340 g/mol. The molecule has 23 heavy (non-hydrogen) atoms. The molecule has 6 heteroatoms. The predicted molar refractivity (Wildman–Crippen MR) is 88.0 cm³/mol. The molecular formula is C17H22ClFN2O2. The van der Waals surface area contributed by atoms with Gasteiger partial charge in [-0.05, 0) is 31.0 Å². The van der Waals surface area contributed by atoms with Crippen molar-refractivity contribution in [1.29, 1.82) is 0 Å². The molecule has 1 saturated heterocycles. The summed E-state index contributed by atoms with van der Waals surface area (Å²) < 4.78 is 13.9. The van der Waals surface area contributed by atoms with Crippen LogP contribution in [0.1, 0.15) is 43.0 Å². The minimum atomic E-state index is -0.570. The summed E-state index contributed by atoms with van der Waals surface area (Å²) in [6.07, 6.45) is 3.11. The summed E-state index contributed by atoms with van der Waals surface area (Å²) in [5.41, 5.74) is -0.0109. The third-order valence-corrected chi connectivity index (χ3v) is 4.27. The fourth-order valence-corrected chi connectivity index (χ4v) is 2.86. The lowest BCUT2D eigenvalue weighted by molar-refractivity contribution is -0.131. The molecule has 4 nitrogen and oxygen atoms in total. The summed E-state index contributed by atoms with van der Waals surface area (Å²) in [4.78, 5) is 28.0. The lowest BCUT2D eigenvalue weighted by atomic mass is 10.2. The molecule has 1 aromatic carbocycles. The first-order chi connectivity index (χ1) is 11.0. The van der Waals surface area contributed by atoms with Crippen LogP contribution in [0.5, 0.6) is 0 Å². The van der Waals surface area contributed by atoms with Crippen LogP contribution in [0.4, 0.5) is 4.39 Å². The van der Waals surface area contributed by atoms with Gasteiger partial charge >= 0.3 is 0 Å². The van der Waals surface area contributed by atoms with Crippen molar-refractivity contribution in [2.24, 2.45) is 0 Å². The zero-order valence-corrected chi connectivity index (χ0v) is 14.1. The van der Waals surface area contributed by atoms with Gasteiger partial charge in [0.25, 0.3) is 5.91 Å². The highest BCUT2D eigenvalue weighted by molar-refractivity contribution is 6.31. The highest BCUT2D eigenvalue weighted by Gasteiger charge is 2.24. The van der Waals surface area contributed by atoms with Gasteiger partial charge in [0.2, 0.25) is 5.91 Å². The molecule has 0 atom stereocenters. The van der Waals surface area contributed by atoms with E-state index in [0.29, 0.717) is 44.0 Å². The summed E-state index contributed by atoms with van der Waals surface area (Å²) in [6, 6.07) is 3.98. The fourth-order valence-electron chi connectivity index (χ4n) is 2.69. The van der Waals surface area contributed by atoms with Crippen molar-refractivity contribution in [3.8, 4) is 0 Å². The molecular weight excluding hydrogens is 319 g/mol. The topological polar surface area (TPSA) is 40.6 Å². The normalized spacial score (nSPS) is 15.4. The molecule has 1 aliphatic rings. The summed E-state index contributed by atoms with van der Waals surface area (Å²) in [7, 11) is 0. The second kappa shape index (κ2) is 8.29. The Morgan fingerprint density at radius 3 is 2.61 bits per heavy atom. The Kier molecular flexibility index (Phi) is 6.39. The average molecular weight is 341 g/mol. The van der Waals surface area contributed by atoms with Crippen molar-refractivity contribution in [3.05, 3.63) is 34.6 Å². The van der Waals surface area contributed by atoms with Crippen LogP contribution >= 0.6 is 11.6 Å². The zero-order valence-electron chi connectivity index (χ0n) is 13.4. The average Bonchev–Trinajstić information content (AvgIpc) is 2.80. The number of benzene rings is 1. The molecule has 2 amide bonds. The lowest BCUT2D eigenvalue weighted by Gasteiger charge is -2.22. The highest BCUT2D eigenvalue weighted by atomic mass is 35.5. The zero-order chi connectivity index (χ0) is 16.8. The molecule has 0 saturated carbocycles. The number of hydrogen-bond acceptors (Lipinski definition) is 2. The van der Waals surface area contributed by atoms with Gasteiger partial charge in [0.1, 0.15) is 5.82 Å². The number of rotatable bonds is 4. The SMILES string of the molecule is CCCCC(=O)N1CCCN(C(=O)c2cc(Cl)ccc2F)CC1. The molecule has 0 spiro atoms. The Hall–Kier alpha value is -1.62. The Labute approximate surface area is 141 Å². The van der Waals surface area contributed by atoms with Gasteiger partial charge in [0, 0.05) is 37.6 Å². The third kappa shape index (κ3) is 4.67.